The van der Waals surface area contributed by atoms with Gasteiger partial charge >= 0.3 is 0 Å². The third kappa shape index (κ3) is 1.98. The van der Waals surface area contributed by atoms with Gasteiger partial charge in [-0.1, -0.05) is 11.2 Å². The molecular formula is C13H11N3O2. The van der Waals surface area contributed by atoms with E-state index in [1.54, 1.807) is 18.2 Å². The van der Waals surface area contributed by atoms with E-state index in [0.29, 0.717) is 23.9 Å². The van der Waals surface area contributed by atoms with Gasteiger partial charge in [0.15, 0.2) is 5.82 Å². The molecule has 1 unspecified atom stereocenters. The lowest BCUT2D eigenvalue weighted by molar-refractivity contribution is 0.192. The van der Waals surface area contributed by atoms with E-state index in [2.05, 4.69) is 16.2 Å². The topological polar surface area (TPSA) is 71.9 Å². The molecule has 1 aliphatic rings. The van der Waals surface area contributed by atoms with Crippen molar-refractivity contribution in [3.63, 3.8) is 0 Å². The molecule has 1 atom stereocenters. The van der Waals surface area contributed by atoms with Gasteiger partial charge in [-0.2, -0.15) is 10.2 Å². The third-order valence-electron chi connectivity index (χ3n) is 2.98. The molecule has 5 heteroatoms. The fourth-order valence-electron chi connectivity index (χ4n) is 1.98. The maximum Gasteiger partial charge on any atom is 0.257 e. The Bertz CT molecular complexity index is 594. The van der Waals surface area contributed by atoms with Gasteiger partial charge in [0.25, 0.3) is 5.89 Å². The van der Waals surface area contributed by atoms with Gasteiger partial charge in [-0.05, 0) is 24.6 Å². The van der Waals surface area contributed by atoms with E-state index in [-0.39, 0.29) is 5.92 Å². The number of hydrogen-bond acceptors (Lipinski definition) is 5. The van der Waals surface area contributed by atoms with E-state index in [1.807, 2.05) is 6.07 Å². The Kier molecular flexibility index (Phi) is 2.79. The highest BCUT2D eigenvalue weighted by molar-refractivity contribution is 5.56. The Morgan fingerprint density at radius 2 is 2.33 bits per heavy atom. The molecule has 5 nitrogen and oxygen atoms in total. The van der Waals surface area contributed by atoms with E-state index in [9.17, 15) is 0 Å². The molecule has 2 heterocycles. The summed E-state index contributed by atoms with van der Waals surface area (Å²) in [5, 5.41) is 12.8. The Hall–Kier alpha value is -2.19. The maximum absolute atomic E-state index is 8.85. The van der Waals surface area contributed by atoms with Crippen LogP contribution in [0.25, 0.3) is 11.5 Å². The number of nitrogens with zero attached hydrogens (tertiary/aromatic N) is 3. The van der Waals surface area contributed by atoms with E-state index in [0.717, 1.165) is 18.6 Å². The van der Waals surface area contributed by atoms with E-state index in [1.165, 1.54) is 0 Å². The molecule has 1 fully saturated rings. The SMILES string of the molecule is N#Cc1cccc(-c2nc(C3CCOC3)no2)c1. The van der Waals surface area contributed by atoms with E-state index >= 15 is 0 Å². The van der Waals surface area contributed by atoms with Crippen LogP contribution in [0.15, 0.2) is 28.8 Å². The summed E-state index contributed by atoms with van der Waals surface area (Å²) >= 11 is 0. The van der Waals surface area contributed by atoms with Crippen molar-refractivity contribution in [1.29, 1.82) is 5.26 Å². The smallest absolute Gasteiger partial charge is 0.257 e. The molecule has 0 N–H and O–H groups in total. The monoisotopic (exact) mass is 241 g/mol. The highest BCUT2D eigenvalue weighted by Gasteiger charge is 2.23. The molecule has 90 valence electrons. The molecule has 2 aromatic rings. The van der Waals surface area contributed by atoms with Crippen LogP contribution in [-0.2, 0) is 4.74 Å². The summed E-state index contributed by atoms with van der Waals surface area (Å²) in [6.07, 6.45) is 0.928. The fraction of sp³-hybridized carbons (Fsp3) is 0.308. The summed E-state index contributed by atoms with van der Waals surface area (Å²) in [5.74, 6) is 1.36. The zero-order valence-electron chi connectivity index (χ0n) is 9.67. The standard InChI is InChI=1S/C13H11N3O2/c14-7-9-2-1-3-10(6-9)13-15-12(16-18-13)11-4-5-17-8-11/h1-3,6,11H,4-5,8H2. The first-order chi connectivity index (χ1) is 8.86. The molecule has 0 spiro atoms. The van der Waals surface area contributed by atoms with Crippen molar-refractivity contribution in [3.05, 3.63) is 35.7 Å². The van der Waals surface area contributed by atoms with Crippen molar-refractivity contribution in [2.75, 3.05) is 13.2 Å². The number of hydrogen-bond donors (Lipinski definition) is 0. The van der Waals surface area contributed by atoms with Crippen molar-refractivity contribution < 1.29 is 9.26 Å². The Labute approximate surface area is 104 Å². The van der Waals surface area contributed by atoms with Crippen LogP contribution in [0, 0.1) is 11.3 Å². The molecular weight excluding hydrogens is 230 g/mol. The highest BCUT2D eigenvalue weighted by atomic mass is 16.5. The summed E-state index contributed by atoms with van der Waals surface area (Å²) in [6, 6.07) is 9.22. The second-order valence-electron chi connectivity index (χ2n) is 4.21. The number of ether oxygens (including phenoxy) is 1. The van der Waals surface area contributed by atoms with Crippen LogP contribution in [0.5, 0.6) is 0 Å². The summed E-state index contributed by atoms with van der Waals surface area (Å²) in [4.78, 5) is 4.37. The molecule has 1 aliphatic heterocycles. The Morgan fingerprint density at radius 1 is 1.39 bits per heavy atom. The predicted octanol–water partition coefficient (Wildman–Crippen LogP) is 2.11. The number of nitriles is 1. The molecule has 1 saturated heterocycles. The van der Waals surface area contributed by atoms with Gasteiger partial charge in [-0.25, -0.2) is 0 Å². The molecule has 1 aromatic heterocycles. The highest BCUT2D eigenvalue weighted by Crippen LogP contribution is 2.25. The summed E-state index contributed by atoms with van der Waals surface area (Å²) in [7, 11) is 0. The zero-order chi connectivity index (χ0) is 12.4. The molecule has 0 amide bonds. The van der Waals surface area contributed by atoms with E-state index in [4.69, 9.17) is 14.5 Å². The third-order valence-corrected chi connectivity index (χ3v) is 2.98. The van der Waals surface area contributed by atoms with Crippen LogP contribution >= 0.6 is 0 Å². The van der Waals surface area contributed by atoms with Crippen LogP contribution in [0.4, 0.5) is 0 Å². The second-order valence-corrected chi connectivity index (χ2v) is 4.21. The predicted molar refractivity (Wildman–Crippen MR) is 62.6 cm³/mol. The molecule has 0 radical (unpaired) electrons. The maximum atomic E-state index is 8.85. The summed E-state index contributed by atoms with van der Waals surface area (Å²) < 4.78 is 10.5. The van der Waals surface area contributed by atoms with Crippen LogP contribution in [0.2, 0.25) is 0 Å². The Balaban J connectivity index is 1.90. The largest absolute Gasteiger partial charge is 0.381 e. The first kappa shape index (κ1) is 10.9. The first-order valence-corrected chi connectivity index (χ1v) is 5.79. The zero-order valence-corrected chi connectivity index (χ0v) is 9.67. The normalized spacial score (nSPS) is 18.7. The van der Waals surface area contributed by atoms with Gasteiger partial charge in [0.05, 0.1) is 18.2 Å². The van der Waals surface area contributed by atoms with Crippen LogP contribution in [-0.4, -0.2) is 23.4 Å². The molecule has 3 rings (SSSR count). The second kappa shape index (κ2) is 4.59. The van der Waals surface area contributed by atoms with Crippen LogP contribution < -0.4 is 0 Å². The number of benzene rings is 1. The number of aromatic nitrogens is 2. The molecule has 1 aromatic carbocycles. The van der Waals surface area contributed by atoms with Gasteiger partial charge in [-0.15, -0.1) is 0 Å². The summed E-state index contributed by atoms with van der Waals surface area (Å²) in [5.41, 5.74) is 1.35. The van der Waals surface area contributed by atoms with Crippen molar-refractivity contribution in [1.82, 2.24) is 10.1 Å². The summed E-state index contributed by atoms with van der Waals surface area (Å²) in [6.45, 7) is 1.40. The first-order valence-electron chi connectivity index (χ1n) is 5.79. The van der Waals surface area contributed by atoms with Crippen molar-refractivity contribution >= 4 is 0 Å². The van der Waals surface area contributed by atoms with Gasteiger partial charge in [0.2, 0.25) is 0 Å². The van der Waals surface area contributed by atoms with Gasteiger partial charge in [-0.3, -0.25) is 0 Å². The van der Waals surface area contributed by atoms with Crippen molar-refractivity contribution in [3.8, 4) is 17.5 Å². The average Bonchev–Trinajstić information content (AvgIpc) is 3.09. The molecule has 0 saturated carbocycles. The minimum absolute atomic E-state index is 0.224. The van der Waals surface area contributed by atoms with Crippen LogP contribution in [0.1, 0.15) is 23.7 Å². The van der Waals surface area contributed by atoms with Crippen molar-refractivity contribution in [2.45, 2.75) is 12.3 Å². The minimum Gasteiger partial charge on any atom is -0.381 e. The van der Waals surface area contributed by atoms with E-state index < -0.39 is 0 Å². The fourth-order valence-corrected chi connectivity index (χ4v) is 1.98. The number of rotatable bonds is 2. The quantitative estimate of drug-likeness (QED) is 0.805. The Morgan fingerprint density at radius 3 is 3.11 bits per heavy atom. The molecule has 18 heavy (non-hydrogen) atoms. The van der Waals surface area contributed by atoms with Gasteiger partial charge in [0, 0.05) is 18.1 Å². The van der Waals surface area contributed by atoms with Crippen molar-refractivity contribution in [2.24, 2.45) is 0 Å². The van der Waals surface area contributed by atoms with Gasteiger partial charge < -0.3 is 9.26 Å². The van der Waals surface area contributed by atoms with Crippen LogP contribution in [0.3, 0.4) is 0 Å². The lowest BCUT2D eigenvalue weighted by Crippen LogP contribution is -1.99. The average molecular weight is 241 g/mol. The molecule has 0 bridgehead atoms. The lowest BCUT2D eigenvalue weighted by atomic mass is 10.1. The molecule has 0 aliphatic carbocycles. The minimum atomic E-state index is 0.224. The van der Waals surface area contributed by atoms with Gasteiger partial charge in [0.1, 0.15) is 0 Å². The lowest BCUT2D eigenvalue weighted by Gasteiger charge is -1.97.